The van der Waals surface area contributed by atoms with Crippen LogP contribution in [0.5, 0.6) is 5.75 Å². The summed E-state index contributed by atoms with van der Waals surface area (Å²) in [6.45, 7) is -0.364. The molecule has 0 bridgehead atoms. The maximum atomic E-state index is 12.5. The largest absolute Gasteiger partial charge is 0.435 e. The molecule has 0 saturated carbocycles. The molecule has 1 heterocycles. The fourth-order valence-corrected chi connectivity index (χ4v) is 3.03. The third-order valence-electron chi connectivity index (χ3n) is 4.27. The van der Waals surface area contributed by atoms with E-state index in [1.807, 2.05) is 0 Å². The lowest BCUT2D eigenvalue weighted by Crippen LogP contribution is -2.49. The van der Waals surface area contributed by atoms with Gasteiger partial charge < -0.3 is 20.1 Å². The lowest BCUT2D eigenvalue weighted by molar-refractivity contribution is -0.0499. The smallest absolute Gasteiger partial charge is 0.387 e. The van der Waals surface area contributed by atoms with Gasteiger partial charge in [0.25, 0.3) is 0 Å². The van der Waals surface area contributed by atoms with E-state index in [4.69, 9.17) is 5.11 Å². The molecule has 1 aliphatic heterocycles. The van der Waals surface area contributed by atoms with Gasteiger partial charge in [0.15, 0.2) is 0 Å². The minimum atomic E-state index is -2.88. The molecule has 1 aliphatic rings. The minimum absolute atomic E-state index is 0.0458. The van der Waals surface area contributed by atoms with Crippen molar-refractivity contribution in [2.75, 3.05) is 13.2 Å². The first-order valence-electron chi connectivity index (χ1n) is 8.24. The van der Waals surface area contributed by atoms with Crippen molar-refractivity contribution in [3.8, 4) is 5.75 Å². The third-order valence-corrected chi connectivity index (χ3v) is 4.27. The molecule has 7 heteroatoms. The summed E-state index contributed by atoms with van der Waals surface area (Å²) in [5, 5.41) is 12.0. The molecular formula is C17H24F2N2O3. The molecule has 0 radical (unpaired) electrons. The number of urea groups is 1. The van der Waals surface area contributed by atoms with Crippen LogP contribution in [0.2, 0.25) is 0 Å². The maximum absolute atomic E-state index is 12.5. The minimum Gasteiger partial charge on any atom is -0.435 e. The van der Waals surface area contributed by atoms with Crippen molar-refractivity contribution in [3.05, 3.63) is 29.8 Å². The van der Waals surface area contributed by atoms with Gasteiger partial charge in [0.05, 0.1) is 6.04 Å². The van der Waals surface area contributed by atoms with Gasteiger partial charge in [-0.15, -0.1) is 0 Å². The van der Waals surface area contributed by atoms with Crippen LogP contribution in [0, 0.1) is 0 Å². The van der Waals surface area contributed by atoms with E-state index in [1.165, 1.54) is 12.1 Å². The number of ether oxygens (including phenoxy) is 1. The highest BCUT2D eigenvalue weighted by Crippen LogP contribution is 2.23. The molecule has 0 aromatic heterocycles. The number of benzene rings is 1. The highest BCUT2D eigenvalue weighted by atomic mass is 19.3. The molecule has 0 aliphatic carbocycles. The molecule has 2 rings (SSSR count). The molecule has 1 saturated heterocycles. The molecule has 1 aromatic carbocycles. The lowest BCUT2D eigenvalue weighted by atomic mass is 10.00. The fraction of sp³-hybridized carbons (Fsp3) is 0.588. The van der Waals surface area contributed by atoms with Crippen molar-refractivity contribution in [1.29, 1.82) is 0 Å². The number of hydrogen-bond donors (Lipinski definition) is 2. The van der Waals surface area contributed by atoms with E-state index in [9.17, 15) is 13.6 Å². The number of carbonyl (C=O) groups excluding carboxylic acids is 1. The zero-order valence-corrected chi connectivity index (χ0v) is 13.8. The van der Waals surface area contributed by atoms with Crippen LogP contribution >= 0.6 is 0 Å². The normalized spacial score (nSPS) is 19.2. The summed E-state index contributed by atoms with van der Waals surface area (Å²) in [6, 6.07) is 5.83. The zero-order chi connectivity index (χ0) is 17.5. The van der Waals surface area contributed by atoms with Crippen LogP contribution < -0.4 is 10.1 Å². The molecule has 1 aromatic rings. The van der Waals surface area contributed by atoms with Crippen molar-refractivity contribution in [1.82, 2.24) is 10.2 Å². The number of nitrogens with zero attached hydrogens (tertiary/aromatic N) is 1. The molecule has 24 heavy (non-hydrogen) atoms. The summed E-state index contributed by atoms with van der Waals surface area (Å²) in [5.41, 5.74) is 0.692. The Morgan fingerprint density at radius 3 is 2.96 bits per heavy atom. The number of alkyl halides is 2. The van der Waals surface area contributed by atoms with Crippen LogP contribution in [0.3, 0.4) is 0 Å². The van der Waals surface area contributed by atoms with E-state index < -0.39 is 6.61 Å². The fourth-order valence-electron chi connectivity index (χ4n) is 3.03. The number of amides is 2. The Balaban J connectivity index is 2.00. The molecule has 2 unspecified atom stereocenters. The van der Waals surface area contributed by atoms with Gasteiger partial charge in [-0.05, 0) is 50.3 Å². The van der Waals surface area contributed by atoms with Crippen LogP contribution in [0.4, 0.5) is 13.6 Å². The average molecular weight is 342 g/mol. The van der Waals surface area contributed by atoms with Gasteiger partial charge in [0.2, 0.25) is 0 Å². The van der Waals surface area contributed by atoms with Gasteiger partial charge >= 0.3 is 12.6 Å². The molecule has 2 N–H and O–H groups in total. The Bertz CT molecular complexity index is 540. The van der Waals surface area contributed by atoms with Gasteiger partial charge in [0, 0.05) is 19.2 Å². The Kier molecular flexibility index (Phi) is 6.78. The highest BCUT2D eigenvalue weighted by molar-refractivity contribution is 5.75. The predicted molar refractivity (Wildman–Crippen MR) is 86.1 cm³/mol. The van der Waals surface area contributed by atoms with Crippen molar-refractivity contribution < 1.29 is 23.4 Å². The number of piperidine rings is 1. The van der Waals surface area contributed by atoms with Gasteiger partial charge in [-0.25, -0.2) is 4.79 Å². The van der Waals surface area contributed by atoms with E-state index in [0.717, 1.165) is 19.3 Å². The summed E-state index contributed by atoms with van der Waals surface area (Å²) in [4.78, 5) is 14.3. The Morgan fingerprint density at radius 1 is 1.46 bits per heavy atom. The standard InChI is InChI=1S/C17H24F2N2O3/c1-12(13-5-4-7-15(11-13)24-16(18)19)20-17(23)21-9-3-2-6-14(21)8-10-22/h4-5,7,11-12,14,16,22H,2-3,6,8-10H2,1H3,(H,20,23). The van der Waals surface area contributed by atoms with E-state index in [1.54, 1.807) is 24.0 Å². The number of nitrogens with one attached hydrogen (secondary N) is 1. The number of aliphatic hydroxyl groups is 1. The summed E-state index contributed by atoms with van der Waals surface area (Å²) in [7, 11) is 0. The highest BCUT2D eigenvalue weighted by Gasteiger charge is 2.27. The van der Waals surface area contributed by atoms with E-state index in [-0.39, 0.29) is 30.5 Å². The molecule has 2 amide bonds. The number of rotatable bonds is 6. The third kappa shape index (κ3) is 5.06. The second-order valence-electron chi connectivity index (χ2n) is 5.98. The number of carbonyl (C=O) groups is 1. The molecule has 134 valence electrons. The second kappa shape index (κ2) is 8.82. The van der Waals surface area contributed by atoms with Crippen LogP contribution in [0.15, 0.2) is 24.3 Å². The first-order valence-corrected chi connectivity index (χ1v) is 8.24. The van der Waals surface area contributed by atoms with Gasteiger partial charge in [-0.2, -0.15) is 8.78 Å². The molecule has 1 fully saturated rings. The number of aliphatic hydroxyl groups excluding tert-OH is 1. The number of likely N-dealkylation sites (tertiary alicyclic amines) is 1. The second-order valence-corrected chi connectivity index (χ2v) is 5.98. The van der Waals surface area contributed by atoms with Gasteiger partial charge in [-0.1, -0.05) is 12.1 Å². The first-order chi connectivity index (χ1) is 11.5. The quantitative estimate of drug-likeness (QED) is 0.834. The molecule has 2 atom stereocenters. The van der Waals surface area contributed by atoms with Crippen molar-refractivity contribution in [2.24, 2.45) is 0 Å². The van der Waals surface area contributed by atoms with Gasteiger partial charge in [-0.3, -0.25) is 0 Å². The van der Waals surface area contributed by atoms with Crippen LogP contribution in [0.25, 0.3) is 0 Å². The summed E-state index contributed by atoms with van der Waals surface area (Å²) < 4.78 is 29.0. The maximum Gasteiger partial charge on any atom is 0.387 e. The van der Waals surface area contributed by atoms with Crippen molar-refractivity contribution in [3.63, 3.8) is 0 Å². The lowest BCUT2D eigenvalue weighted by Gasteiger charge is -2.36. The van der Waals surface area contributed by atoms with Gasteiger partial charge in [0.1, 0.15) is 5.75 Å². The van der Waals surface area contributed by atoms with Crippen LogP contribution in [-0.4, -0.2) is 41.8 Å². The summed E-state index contributed by atoms with van der Waals surface area (Å²) in [5.74, 6) is 0.0692. The average Bonchev–Trinajstić information content (AvgIpc) is 2.55. The molecular weight excluding hydrogens is 318 g/mol. The SMILES string of the molecule is CC(NC(=O)N1CCCCC1CCO)c1cccc(OC(F)F)c1. The number of hydrogen-bond acceptors (Lipinski definition) is 3. The zero-order valence-electron chi connectivity index (χ0n) is 13.8. The van der Waals surface area contributed by atoms with E-state index >= 15 is 0 Å². The summed E-state index contributed by atoms with van der Waals surface area (Å²) in [6.07, 6.45) is 3.46. The molecule has 0 spiro atoms. The van der Waals surface area contributed by atoms with Crippen molar-refractivity contribution >= 4 is 6.03 Å². The molecule has 5 nitrogen and oxygen atoms in total. The van der Waals surface area contributed by atoms with E-state index in [0.29, 0.717) is 18.5 Å². The number of halogens is 2. The Labute approximate surface area is 140 Å². The van der Waals surface area contributed by atoms with E-state index in [2.05, 4.69) is 10.1 Å². The monoisotopic (exact) mass is 342 g/mol. The first kappa shape index (κ1) is 18.4. The van der Waals surface area contributed by atoms with Crippen molar-refractivity contribution in [2.45, 2.75) is 51.3 Å². The van der Waals surface area contributed by atoms with Crippen LogP contribution in [-0.2, 0) is 0 Å². The predicted octanol–water partition coefficient (Wildman–Crippen LogP) is 3.30. The Hall–Kier alpha value is -1.89. The Morgan fingerprint density at radius 2 is 2.25 bits per heavy atom. The van der Waals surface area contributed by atoms with Crippen LogP contribution in [0.1, 0.15) is 44.2 Å². The summed E-state index contributed by atoms with van der Waals surface area (Å²) >= 11 is 0. The topological polar surface area (TPSA) is 61.8 Å².